The SMILES string of the molecule is O=C(N[C@H]1C[C@H](c2nnc(-c3nccs3)n2-c2ccccc2Cl)C1)c1ccc(F)cc1. The van der Waals surface area contributed by atoms with E-state index in [2.05, 4.69) is 20.5 Å². The van der Waals surface area contributed by atoms with Gasteiger partial charge in [-0.2, -0.15) is 0 Å². The molecule has 0 saturated heterocycles. The summed E-state index contributed by atoms with van der Waals surface area (Å²) in [6.07, 6.45) is 3.19. The molecule has 6 nitrogen and oxygen atoms in total. The summed E-state index contributed by atoms with van der Waals surface area (Å²) in [5, 5.41) is 15.1. The van der Waals surface area contributed by atoms with Gasteiger partial charge in [-0.25, -0.2) is 9.37 Å². The molecule has 156 valence electrons. The summed E-state index contributed by atoms with van der Waals surface area (Å²) in [6.45, 7) is 0. The minimum atomic E-state index is -0.366. The Labute approximate surface area is 186 Å². The van der Waals surface area contributed by atoms with Crippen LogP contribution in [0, 0.1) is 5.82 Å². The predicted octanol–water partition coefficient (Wildman–Crippen LogP) is 4.86. The molecule has 1 fully saturated rings. The van der Waals surface area contributed by atoms with Gasteiger partial charge in [0, 0.05) is 29.1 Å². The maximum absolute atomic E-state index is 13.1. The molecular weight excluding hydrogens is 437 g/mol. The molecule has 5 rings (SSSR count). The highest BCUT2D eigenvalue weighted by molar-refractivity contribution is 7.13. The van der Waals surface area contributed by atoms with Crippen molar-refractivity contribution in [2.45, 2.75) is 24.8 Å². The summed E-state index contributed by atoms with van der Waals surface area (Å²) >= 11 is 7.97. The summed E-state index contributed by atoms with van der Waals surface area (Å²) in [5.41, 5.74) is 1.24. The van der Waals surface area contributed by atoms with Gasteiger partial charge >= 0.3 is 0 Å². The van der Waals surface area contributed by atoms with E-state index < -0.39 is 0 Å². The Kier molecular flexibility index (Phi) is 5.25. The van der Waals surface area contributed by atoms with E-state index in [4.69, 9.17) is 11.6 Å². The van der Waals surface area contributed by atoms with E-state index in [9.17, 15) is 9.18 Å². The topological polar surface area (TPSA) is 72.7 Å². The van der Waals surface area contributed by atoms with Crippen molar-refractivity contribution >= 4 is 28.8 Å². The molecule has 2 aromatic heterocycles. The van der Waals surface area contributed by atoms with Crippen LogP contribution in [0.4, 0.5) is 4.39 Å². The van der Waals surface area contributed by atoms with Crippen LogP contribution in [0.25, 0.3) is 16.5 Å². The number of hydrogen-bond donors (Lipinski definition) is 1. The van der Waals surface area contributed by atoms with E-state index in [1.54, 1.807) is 6.20 Å². The van der Waals surface area contributed by atoms with Gasteiger partial charge in [0.05, 0.1) is 10.7 Å². The number of thiazole rings is 1. The first-order chi connectivity index (χ1) is 15.1. The van der Waals surface area contributed by atoms with Gasteiger partial charge in [0.1, 0.15) is 11.6 Å². The molecule has 0 unspecified atom stereocenters. The number of rotatable bonds is 5. The quantitative estimate of drug-likeness (QED) is 0.468. The summed E-state index contributed by atoms with van der Waals surface area (Å²) in [6, 6.07) is 13.1. The van der Waals surface area contributed by atoms with Gasteiger partial charge in [0.2, 0.25) is 0 Å². The molecule has 1 amide bonds. The second kappa shape index (κ2) is 8.20. The van der Waals surface area contributed by atoms with Crippen molar-refractivity contribution in [1.82, 2.24) is 25.1 Å². The highest BCUT2D eigenvalue weighted by atomic mass is 35.5. The molecule has 9 heteroatoms. The molecule has 1 N–H and O–H groups in total. The van der Waals surface area contributed by atoms with Crippen LogP contribution in [-0.2, 0) is 0 Å². The van der Waals surface area contributed by atoms with Crippen molar-refractivity contribution in [2.24, 2.45) is 0 Å². The zero-order chi connectivity index (χ0) is 21.4. The van der Waals surface area contributed by atoms with Gasteiger partial charge in [0.15, 0.2) is 10.8 Å². The maximum atomic E-state index is 13.1. The molecule has 1 aliphatic carbocycles. The van der Waals surface area contributed by atoms with Crippen LogP contribution in [-0.4, -0.2) is 31.7 Å². The Morgan fingerprint density at radius 1 is 1.13 bits per heavy atom. The number of halogens is 2. The average molecular weight is 454 g/mol. The van der Waals surface area contributed by atoms with Crippen LogP contribution in [0.15, 0.2) is 60.1 Å². The zero-order valence-corrected chi connectivity index (χ0v) is 17.8. The Hall–Kier alpha value is -3.10. The molecule has 0 radical (unpaired) electrons. The van der Waals surface area contributed by atoms with E-state index in [1.807, 2.05) is 34.2 Å². The molecule has 0 atom stereocenters. The predicted molar refractivity (Wildman–Crippen MR) is 117 cm³/mol. The van der Waals surface area contributed by atoms with Crippen LogP contribution < -0.4 is 5.32 Å². The number of carbonyl (C=O) groups excluding carboxylic acids is 1. The summed E-state index contributed by atoms with van der Waals surface area (Å²) in [5.74, 6) is 0.994. The van der Waals surface area contributed by atoms with Crippen molar-refractivity contribution in [3.63, 3.8) is 0 Å². The van der Waals surface area contributed by atoms with Crippen LogP contribution in [0.1, 0.15) is 34.9 Å². The molecule has 2 heterocycles. The molecule has 4 aromatic rings. The smallest absolute Gasteiger partial charge is 0.251 e. The van der Waals surface area contributed by atoms with Crippen molar-refractivity contribution in [2.75, 3.05) is 0 Å². The number of amides is 1. The summed E-state index contributed by atoms with van der Waals surface area (Å²) in [4.78, 5) is 16.8. The fraction of sp³-hybridized carbons (Fsp3) is 0.182. The second-order valence-corrected chi connectivity index (χ2v) is 8.65. The van der Waals surface area contributed by atoms with E-state index in [0.717, 1.165) is 29.4 Å². The highest BCUT2D eigenvalue weighted by Crippen LogP contribution is 2.39. The minimum absolute atomic E-state index is 0.0160. The third-order valence-electron chi connectivity index (χ3n) is 5.35. The van der Waals surface area contributed by atoms with Crippen LogP contribution in [0.3, 0.4) is 0 Å². The fourth-order valence-electron chi connectivity index (χ4n) is 3.72. The number of carbonyl (C=O) groups is 1. The molecule has 0 bridgehead atoms. The van der Waals surface area contributed by atoms with Crippen LogP contribution >= 0.6 is 22.9 Å². The van der Waals surface area contributed by atoms with Gasteiger partial charge in [-0.15, -0.1) is 21.5 Å². The van der Waals surface area contributed by atoms with E-state index in [1.165, 1.54) is 35.6 Å². The number of nitrogens with zero attached hydrogens (tertiary/aromatic N) is 4. The Morgan fingerprint density at radius 2 is 1.90 bits per heavy atom. The van der Waals surface area contributed by atoms with Crippen molar-refractivity contribution in [3.8, 4) is 16.5 Å². The van der Waals surface area contributed by atoms with Gasteiger partial charge in [0.25, 0.3) is 5.91 Å². The number of hydrogen-bond acceptors (Lipinski definition) is 5. The van der Waals surface area contributed by atoms with E-state index in [0.29, 0.717) is 16.4 Å². The molecule has 31 heavy (non-hydrogen) atoms. The van der Waals surface area contributed by atoms with Crippen molar-refractivity contribution in [3.05, 3.63) is 82.3 Å². The highest BCUT2D eigenvalue weighted by Gasteiger charge is 2.36. The Bertz CT molecular complexity index is 1220. The van der Waals surface area contributed by atoms with Gasteiger partial charge < -0.3 is 5.32 Å². The second-order valence-electron chi connectivity index (χ2n) is 7.35. The molecule has 0 aliphatic heterocycles. The van der Waals surface area contributed by atoms with Crippen molar-refractivity contribution < 1.29 is 9.18 Å². The van der Waals surface area contributed by atoms with Crippen molar-refractivity contribution in [1.29, 1.82) is 0 Å². The van der Waals surface area contributed by atoms with Crippen LogP contribution in [0.5, 0.6) is 0 Å². The largest absolute Gasteiger partial charge is 0.349 e. The monoisotopic (exact) mass is 453 g/mol. The number of aromatic nitrogens is 4. The lowest BCUT2D eigenvalue weighted by atomic mass is 9.79. The van der Waals surface area contributed by atoms with E-state index >= 15 is 0 Å². The number of nitrogens with one attached hydrogen (secondary N) is 1. The first-order valence-corrected chi connectivity index (χ1v) is 11.0. The minimum Gasteiger partial charge on any atom is -0.349 e. The zero-order valence-electron chi connectivity index (χ0n) is 16.2. The molecule has 0 spiro atoms. The standard InChI is InChI=1S/C22H17ClFN5OS/c23-17-3-1-2-4-18(17)29-19(27-28-20(29)22-25-9-10-31-22)14-11-16(12-14)26-21(30)13-5-7-15(24)8-6-13/h1-10,14,16H,11-12H2,(H,26,30)/t14-,16-. The Morgan fingerprint density at radius 3 is 2.61 bits per heavy atom. The van der Waals surface area contributed by atoms with Crippen LogP contribution in [0.2, 0.25) is 5.02 Å². The summed E-state index contributed by atoms with van der Waals surface area (Å²) in [7, 11) is 0. The number of benzene rings is 2. The molecular formula is C22H17ClFN5OS. The average Bonchev–Trinajstić information content (AvgIpc) is 3.41. The maximum Gasteiger partial charge on any atom is 0.251 e. The third-order valence-corrected chi connectivity index (χ3v) is 6.44. The lowest BCUT2D eigenvalue weighted by Gasteiger charge is -2.35. The molecule has 1 aliphatic rings. The summed E-state index contributed by atoms with van der Waals surface area (Å²) < 4.78 is 15.0. The van der Waals surface area contributed by atoms with Gasteiger partial charge in [-0.1, -0.05) is 23.7 Å². The first-order valence-electron chi connectivity index (χ1n) is 9.76. The fourth-order valence-corrected chi connectivity index (χ4v) is 4.55. The Balaban J connectivity index is 1.38. The number of para-hydroxylation sites is 1. The van der Waals surface area contributed by atoms with E-state index in [-0.39, 0.29) is 23.7 Å². The van der Waals surface area contributed by atoms with Gasteiger partial charge in [-0.05, 0) is 49.2 Å². The lowest BCUT2D eigenvalue weighted by molar-refractivity contribution is 0.0907. The van der Waals surface area contributed by atoms with Gasteiger partial charge in [-0.3, -0.25) is 9.36 Å². The normalized spacial score (nSPS) is 17.9. The molecule has 1 saturated carbocycles. The lowest BCUT2D eigenvalue weighted by Crippen LogP contribution is -2.44. The third kappa shape index (κ3) is 3.84. The molecule has 2 aromatic carbocycles. The first kappa shape index (κ1) is 19.8.